The standard InChI is InChI=1S/C11H20N2O2/c1-10(2)8-12-4-6-13(7-5-12)11(14)9-15-3/h1,4-9H2,2-3H3. The quantitative estimate of drug-likeness (QED) is 0.631. The molecule has 0 aromatic heterocycles. The number of hydrogen-bond acceptors (Lipinski definition) is 3. The maximum Gasteiger partial charge on any atom is 0.248 e. The van der Waals surface area contributed by atoms with Crippen molar-refractivity contribution < 1.29 is 9.53 Å². The summed E-state index contributed by atoms with van der Waals surface area (Å²) in [6, 6.07) is 0. The molecule has 0 atom stereocenters. The first-order valence-electron chi connectivity index (χ1n) is 5.27. The second-order valence-corrected chi connectivity index (χ2v) is 4.05. The fourth-order valence-electron chi connectivity index (χ4n) is 1.75. The Bertz CT molecular complexity index is 233. The summed E-state index contributed by atoms with van der Waals surface area (Å²) in [5.41, 5.74) is 1.17. The van der Waals surface area contributed by atoms with E-state index in [-0.39, 0.29) is 12.5 Å². The van der Waals surface area contributed by atoms with Crippen LogP contribution >= 0.6 is 0 Å². The lowest BCUT2D eigenvalue weighted by atomic mass is 10.2. The summed E-state index contributed by atoms with van der Waals surface area (Å²) >= 11 is 0. The summed E-state index contributed by atoms with van der Waals surface area (Å²) in [5.74, 6) is 0.0903. The van der Waals surface area contributed by atoms with Crippen LogP contribution < -0.4 is 0 Å². The number of rotatable bonds is 4. The molecule has 0 saturated carbocycles. The Morgan fingerprint density at radius 3 is 2.40 bits per heavy atom. The number of carbonyl (C=O) groups excluding carboxylic acids is 1. The zero-order valence-electron chi connectivity index (χ0n) is 9.66. The van der Waals surface area contributed by atoms with Crippen LogP contribution in [0.15, 0.2) is 12.2 Å². The molecule has 4 nitrogen and oxygen atoms in total. The van der Waals surface area contributed by atoms with Gasteiger partial charge in [0.15, 0.2) is 0 Å². The van der Waals surface area contributed by atoms with Gasteiger partial charge in [-0.15, -0.1) is 0 Å². The molecule has 0 aromatic carbocycles. The average molecular weight is 212 g/mol. The number of nitrogens with zero attached hydrogens (tertiary/aromatic N) is 2. The predicted octanol–water partition coefficient (Wildman–Crippen LogP) is 0.353. The molecule has 0 N–H and O–H groups in total. The van der Waals surface area contributed by atoms with Crippen LogP contribution in [0.3, 0.4) is 0 Å². The molecule has 0 bridgehead atoms. The smallest absolute Gasteiger partial charge is 0.248 e. The molecule has 15 heavy (non-hydrogen) atoms. The highest BCUT2D eigenvalue weighted by atomic mass is 16.5. The van der Waals surface area contributed by atoms with Gasteiger partial charge in [0.1, 0.15) is 6.61 Å². The average Bonchev–Trinajstić information content (AvgIpc) is 2.18. The molecule has 1 aliphatic rings. The van der Waals surface area contributed by atoms with Crippen LogP contribution in [0, 0.1) is 0 Å². The van der Waals surface area contributed by atoms with Crippen molar-refractivity contribution in [3.8, 4) is 0 Å². The highest BCUT2D eigenvalue weighted by molar-refractivity contribution is 5.77. The monoisotopic (exact) mass is 212 g/mol. The van der Waals surface area contributed by atoms with Crippen molar-refractivity contribution >= 4 is 5.91 Å². The summed E-state index contributed by atoms with van der Waals surface area (Å²) in [5, 5.41) is 0. The van der Waals surface area contributed by atoms with Gasteiger partial charge in [-0.1, -0.05) is 12.2 Å². The summed E-state index contributed by atoms with van der Waals surface area (Å²) < 4.78 is 4.83. The van der Waals surface area contributed by atoms with Crippen molar-refractivity contribution in [1.82, 2.24) is 9.80 Å². The number of piperazine rings is 1. The molecule has 1 saturated heterocycles. The molecule has 0 unspecified atom stereocenters. The van der Waals surface area contributed by atoms with Crippen molar-refractivity contribution in [3.63, 3.8) is 0 Å². The first-order valence-corrected chi connectivity index (χ1v) is 5.27. The molecule has 0 radical (unpaired) electrons. The van der Waals surface area contributed by atoms with E-state index in [1.807, 2.05) is 11.8 Å². The summed E-state index contributed by atoms with van der Waals surface area (Å²) in [7, 11) is 1.55. The predicted molar refractivity (Wildman–Crippen MR) is 59.7 cm³/mol. The van der Waals surface area contributed by atoms with Gasteiger partial charge < -0.3 is 9.64 Å². The zero-order chi connectivity index (χ0) is 11.3. The molecule has 86 valence electrons. The largest absolute Gasteiger partial charge is 0.375 e. The number of amides is 1. The van der Waals surface area contributed by atoms with Crippen molar-refractivity contribution in [2.75, 3.05) is 46.4 Å². The van der Waals surface area contributed by atoms with E-state index < -0.39 is 0 Å². The first-order chi connectivity index (χ1) is 7.13. The molecule has 1 amide bonds. The van der Waals surface area contributed by atoms with Gasteiger partial charge >= 0.3 is 0 Å². The molecule has 1 fully saturated rings. The summed E-state index contributed by atoms with van der Waals surface area (Å²) in [4.78, 5) is 15.7. The van der Waals surface area contributed by atoms with Crippen LogP contribution in [0.5, 0.6) is 0 Å². The van der Waals surface area contributed by atoms with Crippen LogP contribution in [0.2, 0.25) is 0 Å². The van der Waals surface area contributed by atoms with E-state index >= 15 is 0 Å². The number of hydrogen-bond donors (Lipinski definition) is 0. The van der Waals surface area contributed by atoms with Crippen LogP contribution in [0.1, 0.15) is 6.92 Å². The minimum Gasteiger partial charge on any atom is -0.375 e. The van der Waals surface area contributed by atoms with Gasteiger partial charge in [-0.3, -0.25) is 9.69 Å². The van der Waals surface area contributed by atoms with Crippen molar-refractivity contribution in [3.05, 3.63) is 12.2 Å². The normalized spacial score (nSPS) is 17.9. The number of carbonyl (C=O) groups is 1. The van der Waals surface area contributed by atoms with E-state index in [1.165, 1.54) is 5.57 Å². The lowest BCUT2D eigenvalue weighted by Gasteiger charge is -2.34. The van der Waals surface area contributed by atoms with Crippen molar-refractivity contribution in [1.29, 1.82) is 0 Å². The van der Waals surface area contributed by atoms with E-state index in [9.17, 15) is 4.79 Å². The van der Waals surface area contributed by atoms with Crippen LogP contribution in [-0.2, 0) is 9.53 Å². The minimum absolute atomic E-state index is 0.0903. The molecular formula is C11H20N2O2. The Kier molecular flexibility index (Phi) is 4.78. The number of methoxy groups -OCH3 is 1. The third-order valence-electron chi connectivity index (χ3n) is 2.49. The van der Waals surface area contributed by atoms with E-state index in [4.69, 9.17) is 4.74 Å². The van der Waals surface area contributed by atoms with E-state index in [0.717, 1.165) is 32.7 Å². The fourth-order valence-corrected chi connectivity index (χ4v) is 1.75. The Balaban J connectivity index is 2.29. The Hall–Kier alpha value is -0.870. The highest BCUT2D eigenvalue weighted by Crippen LogP contribution is 2.04. The molecule has 4 heteroatoms. The molecular weight excluding hydrogens is 192 g/mol. The third kappa shape index (κ3) is 4.01. The van der Waals surface area contributed by atoms with Crippen LogP contribution in [0.4, 0.5) is 0 Å². The van der Waals surface area contributed by atoms with Crippen molar-refractivity contribution in [2.24, 2.45) is 0 Å². The Labute approximate surface area is 91.5 Å². The van der Waals surface area contributed by atoms with E-state index in [2.05, 4.69) is 11.5 Å². The van der Waals surface area contributed by atoms with Gasteiger partial charge in [-0.25, -0.2) is 0 Å². The van der Waals surface area contributed by atoms with E-state index in [1.54, 1.807) is 7.11 Å². The lowest BCUT2D eigenvalue weighted by Crippen LogP contribution is -2.49. The van der Waals surface area contributed by atoms with Crippen LogP contribution in [0.25, 0.3) is 0 Å². The highest BCUT2D eigenvalue weighted by Gasteiger charge is 2.20. The molecule has 0 aliphatic carbocycles. The maximum absolute atomic E-state index is 11.5. The lowest BCUT2D eigenvalue weighted by molar-refractivity contribution is -0.136. The molecule has 1 heterocycles. The SMILES string of the molecule is C=C(C)CN1CCN(C(=O)COC)CC1. The maximum atomic E-state index is 11.5. The molecule has 1 aliphatic heterocycles. The fraction of sp³-hybridized carbons (Fsp3) is 0.727. The Morgan fingerprint density at radius 2 is 1.93 bits per heavy atom. The van der Waals surface area contributed by atoms with Gasteiger partial charge in [-0.2, -0.15) is 0 Å². The van der Waals surface area contributed by atoms with Gasteiger partial charge in [0.05, 0.1) is 0 Å². The number of ether oxygens (including phenoxy) is 1. The molecule has 0 aromatic rings. The summed E-state index contributed by atoms with van der Waals surface area (Å²) in [6.07, 6.45) is 0. The molecule has 0 spiro atoms. The van der Waals surface area contributed by atoms with Crippen molar-refractivity contribution in [2.45, 2.75) is 6.92 Å². The zero-order valence-corrected chi connectivity index (χ0v) is 9.66. The molecule has 1 rings (SSSR count). The van der Waals surface area contributed by atoms with Gasteiger partial charge in [0.2, 0.25) is 5.91 Å². The van der Waals surface area contributed by atoms with Gasteiger partial charge in [0, 0.05) is 39.8 Å². The summed E-state index contributed by atoms with van der Waals surface area (Å²) in [6.45, 7) is 10.5. The minimum atomic E-state index is 0.0903. The van der Waals surface area contributed by atoms with E-state index in [0.29, 0.717) is 0 Å². The first kappa shape index (κ1) is 12.2. The van der Waals surface area contributed by atoms with Gasteiger partial charge in [-0.05, 0) is 6.92 Å². The van der Waals surface area contributed by atoms with Crippen LogP contribution in [-0.4, -0.2) is 62.1 Å². The third-order valence-corrected chi connectivity index (χ3v) is 2.49. The Morgan fingerprint density at radius 1 is 1.33 bits per heavy atom. The second kappa shape index (κ2) is 5.88. The second-order valence-electron chi connectivity index (χ2n) is 4.05. The van der Waals surface area contributed by atoms with Gasteiger partial charge in [0.25, 0.3) is 0 Å². The topological polar surface area (TPSA) is 32.8 Å².